The van der Waals surface area contributed by atoms with Gasteiger partial charge in [-0.05, 0) is 43.5 Å². The van der Waals surface area contributed by atoms with Gasteiger partial charge in [0.25, 0.3) is 0 Å². The van der Waals surface area contributed by atoms with Gasteiger partial charge in [-0.1, -0.05) is 11.6 Å². The zero-order chi connectivity index (χ0) is 15.4. The number of halogens is 1. The van der Waals surface area contributed by atoms with Gasteiger partial charge in [0, 0.05) is 37.7 Å². The minimum atomic E-state index is 0.307. The molecule has 1 N–H and O–H groups in total. The number of hydrogen-bond acceptors (Lipinski definition) is 4. The molecule has 0 saturated carbocycles. The highest BCUT2D eigenvalue weighted by Crippen LogP contribution is 2.25. The van der Waals surface area contributed by atoms with Crippen molar-refractivity contribution in [2.45, 2.75) is 32.0 Å². The van der Waals surface area contributed by atoms with Crippen LogP contribution in [0.15, 0.2) is 18.2 Å². The summed E-state index contributed by atoms with van der Waals surface area (Å²) in [6.45, 7) is 8.02. The Morgan fingerprint density at radius 1 is 1.36 bits per heavy atom. The van der Waals surface area contributed by atoms with Crippen molar-refractivity contribution in [2.24, 2.45) is 0 Å². The van der Waals surface area contributed by atoms with Gasteiger partial charge < -0.3 is 19.7 Å². The fourth-order valence-corrected chi connectivity index (χ4v) is 3.39. The van der Waals surface area contributed by atoms with E-state index in [1.807, 2.05) is 25.1 Å². The first-order valence-electron chi connectivity index (χ1n) is 8.18. The monoisotopic (exact) mass is 324 g/mol. The molecular weight excluding hydrogens is 300 g/mol. The van der Waals surface area contributed by atoms with Crippen molar-refractivity contribution < 1.29 is 9.47 Å². The first-order valence-corrected chi connectivity index (χ1v) is 8.56. The van der Waals surface area contributed by atoms with Gasteiger partial charge in [0.15, 0.2) is 0 Å². The normalized spacial score (nSPS) is 24.4. The maximum absolute atomic E-state index is 6.15. The van der Waals surface area contributed by atoms with Crippen LogP contribution in [0.2, 0.25) is 5.02 Å². The smallest absolute Gasteiger partial charge is 0.122 e. The molecule has 2 saturated heterocycles. The topological polar surface area (TPSA) is 33.7 Å². The predicted molar refractivity (Wildman–Crippen MR) is 88.9 cm³/mol. The lowest BCUT2D eigenvalue weighted by Crippen LogP contribution is -2.48. The van der Waals surface area contributed by atoms with E-state index >= 15 is 0 Å². The Kier molecular flexibility index (Phi) is 5.58. The maximum atomic E-state index is 6.15. The summed E-state index contributed by atoms with van der Waals surface area (Å²) < 4.78 is 11.9. The van der Waals surface area contributed by atoms with Crippen molar-refractivity contribution in [1.82, 2.24) is 10.2 Å². The number of ether oxygens (including phenoxy) is 2. The summed E-state index contributed by atoms with van der Waals surface area (Å²) in [7, 11) is 0. The molecule has 122 valence electrons. The van der Waals surface area contributed by atoms with Gasteiger partial charge in [-0.3, -0.25) is 0 Å². The Morgan fingerprint density at radius 2 is 2.18 bits per heavy atom. The van der Waals surface area contributed by atoms with Crippen LogP contribution in [-0.4, -0.2) is 56.4 Å². The highest BCUT2D eigenvalue weighted by molar-refractivity contribution is 6.30. The van der Waals surface area contributed by atoms with E-state index < -0.39 is 0 Å². The number of nitrogens with zero attached hydrogens (tertiary/aromatic N) is 1. The molecule has 1 atom stereocenters. The number of benzene rings is 1. The average Bonchev–Trinajstić information content (AvgIpc) is 2.53. The summed E-state index contributed by atoms with van der Waals surface area (Å²) in [6.07, 6.45) is 2.79. The maximum Gasteiger partial charge on any atom is 0.122 e. The third kappa shape index (κ3) is 4.35. The van der Waals surface area contributed by atoms with Gasteiger partial charge in [-0.2, -0.15) is 0 Å². The summed E-state index contributed by atoms with van der Waals surface area (Å²) in [5, 5.41) is 4.15. The van der Waals surface area contributed by atoms with Gasteiger partial charge in [-0.15, -0.1) is 0 Å². The van der Waals surface area contributed by atoms with E-state index in [2.05, 4.69) is 10.2 Å². The first-order chi connectivity index (χ1) is 10.7. The van der Waals surface area contributed by atoms with E-state index in [-0.39, 0.29) is 0 Å². The van der Waals surface area contributed by atoms with Gasteiger partial charge in [-0.25, -0.2) is 0 Å². The highest BCUT2D eigenvalue weighted by Gasteiger charge is 2.24. The number of hydrogen-bond donors (Lipinski definition) is 1. The number of morpholine rings is 1. The quantitative estimate of drug-likeness (QED) is 0.922. The molecule has 3 rings (SSSR count). The Morgan fingerprint density at radius 3 is 2.86 bits per heavy atom. The first kappa shape index (κ1) is 16.1. The molecule has 0 bridgehead atoms. The average molecular weight is 325 g/mol. The molecule has 1 aromatic carbocycles. The van der Waals surface area contributed by atoms with Crippen molar-refractivity contribution in [1.29, 1.82) is 0 Å². The second kappa shape index (κ2) is 7.64. The third-order valence-corrected chi connectivity index (χ3v) is 4.67. The molecule has 0 amide bonds. The molecule has 2 aliphatic heterocycles. The third-order valence-electron chi connectivity index (χ3n) is 4.43. The summed E-state index contributed by atoms with van der Waals surface area (Å²) in [5.74, 6) is 0.961. The second-order valence-electron chi connectivity index (χ2n) is 6.22. The van der Waals surface area contributed by atoms with Crippen LogP contribution < -0.4 is 10.1 Å². The molecule has 1 unspecified atom stereocenters. The van der Waals surface area contributed by atoms with Gasteiger partial charge >= 0.3 is 0 Å². The van der Waals surface area contributed by atoms with E-state index in [0.29, 0.717) is 12.2 Å². The summed E-state index contributed by atoms with van der Waals surface area (Å²) in [4.78, 5) is 2.49. The van der Waals surface area contributed by atoms with Crippen molar-refractivity contribution in [2.75, 3.05) is 39.3 Å². The standard InChI is InChI=1S/C17H25ClN2O2/c1-13-10-14(18)2-3-17(13)22-15-4-7-20(8-5-15)12-16-11-19-6-9-21-16/h2-3,10,15-16,19H,4-9,11-12H2,1H3. The highest BCUT2D eigenvalue weighted by atomic mass is 35.5. The molecule has 5 heteroatoms. The SMILES string of the molecule is Cc1cc(Cl)ccc1OC1CCN(CC2CNCCO2)CC1. The Hall–Kier alpha value is -0.810. The van der Waals surface area contributed by atoms with Crippen LogP contribution in [0.25, 0.3) is 0 Å². The number of nitrogens with one attached hydrogen (secondary N) is 1. The van der Waals surface area contributed by atoms with Crippen molar-refractivity contribution in [3.63, 3.8) is 0 Å². The molecule has 0 radical (unpaired) electrons. The Bertz CT molecular complexity index is 484. The zero-order valence-corrected chi connectivity index (χ0v) is 13.9. The van der Waals surface area contributed by atoms with E-state index in [1.54, 1.807) is 0 Å². The van der Waals surface area contributed by atoms with Crippen molar-refractivity contribution >= 4 is 11.6 Å². The summed E-state index contributed by atoms with van der Waals surface area (Å²) in [5.41, 5.74) is 1.11. The second-order valence-corrected chi connectivity index (χ2v) is 6.66. The summed E-state index contributed by atoms with van der Waals surface area (Å²) in [6, 6.07) is 5.83. The molecular formula is C17H25ClN2O2. The number of aryl methyl sites for hydroxylation is 1. The van der Waals surface area contributed by atoms with Gasteiger partial charge in [0.05, 0.1) is 12.7 Å². The number of likely N-dealkylation sites (tertiary alicyclic amines) is 1. The molecule has 2 heterocycles. The molecule has 2 aliphatic rings. The Balaban J connectivity index is 1.45. The van der Waals surface area contributed by atoms with Crippen LogP contribution in [0.5, 0.6) is 5.75 Å². The number of rotatable bonds is 4. The van der Waals surface area contributed by atoms with Crippen LogP contribution in [-0.2, 0) is 4.74 Å². The molecule has 1 aromatic rings. The molecule has 0 spiro atoms. The molecule has 4 nitrogen and oxygen atoms in total. The van der Waals surface area contributed by atoms with Crippen molar-refractivity contribution in [3.8, 4) is 5.75 Å². The van der Waals surface area contributed by atoms with E-state index in [9.17, 15) is 0 Å². The molecule has 0 aromatic heterocycles. The molecule has 2 fully saturated rings. The minimum absolute atomic E-state index is 0.307. The Labute approximate surface area is 137 Å². The van der Waals surface area contributed by atoms with Gasteiger partial charge in [0.2, 0.25) is 0 Å². The number of piperidine rings is 1. The van der Waals surface area contributed by atoms with Gasteiger partial charge in [0.1, 0.15) is 11.9 Å². The van der Waals surface area contributed by atoms with Crippen LogP contribution in [0.1, 0.15) is 18.4 Å². The van der Waals surface area contributed by atoms with Crippen LogP contribution in [0, 0.1) is 6.92 Å². The predicted octanol–water partition coefficient (Wildman–Crippen LogP) is 2.48. The van der Waals surface area contributed by atoms with Crippen LogP contribution in [0.3, 0.4) is 0 Å². The van der Waals surface area contributed by atoms with Crippen molar-refractivity contribution in [3.05, 3.63) is 28.8 Å². The van der Waals surface area contributed by atoms with Crippen LogP contribution in [0.4, 0.5) is 0 Å². The van der Waals surface area contributed by atoms with E-state index in [4.69, 9.17) is 21.1 Å². The lowest BCUT2D eigenvalue weighted by atomic mass is 10.1. The summed E-state index contributed by atoms with van der Waals surface area (Å²) >= 11 is 5.99. The van der Waals surface area contributed by atoms with E-state index in [1.165, 1.54) is 0 Å². The van der Waals surface area contributed by atoms with Crippen LogP contribution >= 0.6 is 11.6 Å². The fourth-order valence-electron chi connectivity index (χ4n) is 3.16. The van der Waals surface area contributed by atoms with E-state index in [0.717, 1.165) is 68.5 Å². The largest absolute Gasteiger partial charge is 0.490 e. The fraction of sp³-hybridized carbons (Fsp3) is 0.647. The lowest BCUT2D eigenvalue weighted by Gasteiger charge is -2.35. The molecule has 0 aliphatic carbocycles. The molecule has 22 heavy (non-hydrogen) atoms. The lowest BCUT2D eigenvalue weighted by molar-refractivity contribution is -0.00566. The minimum Gasteiger partial charge on any atom is -0.490 e. The zero-order valence-electron chi connectivity index (χ0n) is 13.2.